The van der Waals surface area contributed by atoms with E-state index in [1.807, 2.05) is 0 Å². The molecule has 0 bridgehead atoms. The van der Waals surface area contributed by atoms with Gasteiger partial charge in [-0.3, -0.25) is 14.2 Å². The molecule has 0 aliphatic carbocycles. The van der Waals surface area contributed by atoms with Crippen molar-refractivity contribution >= 4 is 11.9 Å². The lowest BCUT2D eigenvalue weighted by Gasteiger charge is -2.27. The zero-order chi connectivity index (χ0) is 36.1. The van der Waals surface area contributed by atoms with Gasteiger partial charge < -0.3 is 15.0 Å². The van der Waals surface area contributed by atoms with Crippen molar-refractivity contribution in [1.82, 2.24) is 19.8 Å². The molecule has 262 valence electrons. The van der Waals surface area contributed by atoms with Crippen molar-refractivity contribution in [2.45, 2.75) is 79.1 Å². The van der Waals surface area contributed by atoms with Crippen LogP contribution in [0.5, 0.6) is 0 Å². The second kappa shape index (κ2) is 15.8. The number of amides is 1. The van der Waals surface area contributed by atoms with Gasteiger partial charge in [-0.1, -0.05) is 13.8 Å². The molecule has 48 heavy (non-hydrogen) atoms. The Morgan fingerprint density at radius 2 is 1.65 bits per heavy atom. The summed E-state index contributed by atoms with van der Waals surface area (Å²) in [6.07, 6.45) is -4.45. The third-order valence-corrected chi connectivity index (χ3v) is 7.89. The fourth-order valence-corrected chi connectivity index (χ4v) is 5.75. The minimum atomic E-state index is -4.90. The van der Waals surface area contributed by atoms with E-state index in [0.717, 1.165) is 10.8 Å². The van der Waals surface area contributed by atoms with Gasteiger partial charge in [0.15, 0.2) is 5.69 Å². The van der Waals surface area contributed by atoms with Crippen LogP contribution < -0.4 is 11.0 Å². The predicted octanol–water partition coefficient (Wildman–Crippen LogP) is 6.63. The average Bonchev–Trinajstić information content (AvgIpc) is 2.95. The Morgan fingerprint density at radius 1 is 1.02 bits per heavy atom. The van der Waals surface area contributed by atoms with Crippen molar-refractivity contribution in [2.75, 3.05) is 27.2 Å². The van der Waals surface area contributed by atoms with Crippen molar-refractivity contribution in [3.05, 3.63) is 86.1 Å². The Bertz CT molecular complexity index is 1680. The summed E-state index contributed by atoms with van der Waals surface area (Å²) in [5.74, 6) is -2.91. The number of hydrogen-bond donors (Lipinski definition) is 1. The summed E-state index contributed by atoms with van der Waals surface area (Å²) in [5, 5.41) is 2.70. The minimum absolute atomic E-state index is 0.0212. The van der Waals surface area contributed by atoms with Gasteiger partial charge in [-0.15, -0.1) is 0 Å². The zero-order valence-corrected chi connectivity index (χ0v) is 28.5. The number of nitrogens with one attached hydrogen (secondary N) is 1. The molecule has 13 heteroatoms. The molecular formula is C35H43F5N4O4. The number of benzene rings is 2. The smallest absolute Gasteiger partial charge is 0.433 e. The van der Waals surface area contributed by atoms with Crippen LogP contribution in [0.2, 0.25) is 0 Å². The quantitative estimate of drug-likeness (QED) is 0.161. The summed E-state index contributed by atoms with van der Waals surface area (Å²) in [4.78, 5) is 45.0. The Hall–Kier alpha value is -4.13. The summed E-state index contributed by atoms with van der Waals surface area (Å²) in [5.41, 5.74) is -0.372. The fraction of sp³-hybridized carbons (Fsp3) is 0.486. The summed E-state index contributed by atoms with van der Waals surface area (Å²) in [7, 11) is 3.37. The number of alkyl halides is 3. The van der Waals surface area contributed by atoms with Crippen molar-refractivity contribution in [2.24, 2.45) is 5.92 Å². The number of hydrogen-bond acceptors (Lipinski definition) is 6. The normalized spacial score (nSPS) is 13.1. The van der Waals surface area contributed by atoms with Crippen LogP contribution >= 0.6 is 0 Å². The largest absolute Gasteiger partial charge is 0.466 e. The molecule has 3 rings (SSSR count). The van der Waals surface area contributed by atoms with Gasteiger partial charge in [0.1, 0.15) is 17.7 Å². The van der Waals surface area contributed by atoms with E-state index in [0.29, 0.717) is 22.3 Å². The Kier molecular flexibility index (Phi) is 12.6. The van der Waals surface area contributed by atoms with Crippen LogP contribution in [0.25, 0.3) is 11.1 Å². The molecule has 2 aromatic carbocycles. The first kappa shape index (κ1) is 38.3. The van der Waals surface area contributed by atoms with E-state index in [1.54, 1.807) is 59.7 Å². The number of rotatable bonds is 13. The Balaban J connectivity index is 2.18. The number of likely N-dealkylation sites (N-methyl/N-ethyl adjacent to an activating group) is 1. The molecular weight excluding hydrogens is 635 g/mol. The molecule has 1 amide bonds. The lowest BCUT2D eigenvalue weighted by Crippen LogP contribution is -2.42. The molecule has 8 nitrogen and oxygen atoms in total. The van der Waals surface area contributed by atoms with Crippen molar-refractivity contribution in [3.63, 3.8) is 0 Å². The molecule has 0 aliphatic heterocycles. The number of carbonyl (C=O) groups is 2. The van der Waals surface area contributed by atoms with Crippen LogP contribution in [0.15, 0.2) is 35.3 Å². The summed E-state index contributed by atoms with van der Waals surface area (Å²) < 4.78 is 77.7. The second-order valence-corrected chi connectivity index (χ2v) is 12.7. The van der Waals surface area contributed by atoms with Gasteiger partial charge in [0, 0.05) is 23.9 Å². The topological polar surface area (TPSA) is 93.5 Å². The molecule has 1 aromatic heterocycles. The van der Waals surface area contributed by atoms with E-state index >= 15 is 4.39 Å². The maximum absolute atomic E-state index is 15.9. The second-order valence-electron chi connectivity index (χ2n) is 12.7. The van der Waals surface area contributed by atoms with Crippen molar-refractivity contribution in [1.29, 1.82) is 0 Å². The van der Waals surface area contributed by atoms with Gasteiger partial charge in [0.05, 0.1) is 19.1 Å². The van der Waals surface area contributed by atoms with Crippen LogP contribution in [-0.4, -0.2) is 53.6 Å². The molecule has 1 heterocycles. The maximum atomic E-state index is 15.9. The molecule has 0 spiro atoms. The van der Waals surface area contributed by atoms with Gasteiger partial charge in [-0.25, -0.2) is 13.6 Å². The summed E-state index contributed by atoms with van der Waals surface area (Å²) >= 11 is 0. The van der Waals surface area contributed by atoms with Crippen molar-refractivity contribution < 1.29 is 36.3 Å². The van der Waals surface area contributed by atoms with E-state index in [-0.39, 0.29) is 48.6 Å². The fourth-order valence-electron chi connectivity index (χ4n) is 5.75. The van der Waals surface area contributed by atoms with Gasteiger partial charge in [-0.05, 0) is 113 Å². The molecule has 1 N–H and O–H groups in total. The molecule has 0 radical (unpaired) electrons. The lowest BCUT2D eigenvalue weighted by atomic mass is 9.90. The third kappa shape index (κ3) is 9.48. The van der Waals surface area contributed by atoms with Crippen LogP contribution in [0.4, 0.5) is 22.0 Å². The SMILES string of the molecule is CCOC(=O)C[C@H](NC(=O)[C@H](CC(C)C)n1cc(CCN(C)C)c(C(F)(F)F)nc1=O)c1cc(-c2c(C)cc(F)cc2C)cc(C)c1F. The van der Waals surface area contributed by atoms with Gasteiger partial charge in [-0.2, -0.15) is 18.2 Å². The molecule has 0 fully saturated rings. The Morgan fingerprint density at radius 3 is 2.19 bits per heavy atom. The maximum Gasteiger partial charge on any atom is 0.433 e. The first-order valence-corrected chi connectivity index (χ1v) is 15.7. The highest BCUT2D eigenvalue weighted by atomic mass is 19.4. The standard InChI is InChI=1S/C35H43F5N4O4/c1-9-48-29(45)17-27(26-16-24(13-22(6)31(26)37)30-20(4)14-25(36)15-21(30)5)41-33(46)28(12-19(2)3)44-18-23(10-11-43(7)8)32(35(38,39)40)42-34(44)47/h13-16,18-19,27-28H,9-12,17H2,1-8H3,(H,41,46)/t27-,28-/m0/s1. The van der Waals surface area contributed by atoms with Gasteiger partial charge in [0.2, 0.25) is 5.91 Å². The molecule has 3 aromatic rings. The molecule has 0 aliphatic rings. The van der Waals surface area contributed by atoms with Crippen molar-refractivity contribution in [3.8, 4) is 11.1 Å². The highest BCUT2D eigenvalue weighted by Crippen LogP contribution is 2.35. The molecule has 0 saturated heterocycles. The minimum Gasteiger partial charge on any atom is -0.466 e. The number of carbonyl (C=O) groups excluding carboxylic acids is 2. The van der Waals surface area contributed by atoms with Crippen LogP contribution in [0.3, 0.4) is 0 Å². The van der Waals surface area contributed by atoms with Crippen LogP contribution in [-0.2, 0) is 26.9 Å². The number of aromatic nitrogens is 2. The molecule has 0 unspecified atom stereocenters. The lowest BCUT2D eigenvalue weighted by molar-refractivity contribution is -0.144. The third-order valence-electron chi connectivity index (χ3n) is 7.89. The number of esters is 1. The number of halogens is 5. The van der Waals surface area contributed by atoms with E-state index in [9.17, 15) is 31.9 Å². The highest BCUT2D eigenvalue weighted by Gasteiger charge is 2.37. The number of nitrogens with zero attached hydrogens (tertiary/aromatic N) is 3. The predicted molar refractivity (Wildman–Crippen MR) is 172 cm³/mol. The van der Waals surface area contributed by atoms with Crippen LogP contribution in [0, 0.1) is 38.3 Å². The Labute approximate surface area is 277 Å². The number of ether oxygens (including phenoxy) is 1. The van der Waals surface area contributed by atoms with E-state index < -0.39 is 59.6 Å². The van der Waals surface area contributed by atoms with Gasteiger partial charge >= 0.3 is 17.8 Å². The van der Waals surface area contributed by atoms with Crippen LogP contribution in [0.1, 0.15) is 79.2 Å². The summed E-state index contributed by atoms with van der Waals surface area (Å²) in [6, 6.07) is 3.11. The number of aryl methyl sites for hydroxylation is 3. The first-order chi connectivity index (χ1) is 22.3. The van der Waals surface area contributed by atoms with E-state index in [1.165, 1.54) is 25.1 Å². The monoisotopic (exact) mass is 678 g/mol. The first-order valence-electron chi connectivity index (χ1n) is 15.7. The van der Waals surface area contributed by atoms with Gasteiger partial charge in [0.25, 0.3) is 0 Å². The average molecular weight is 679 g/mol. The molecule has 2 atom stereocenters. The molecule has 0 saturated carbocycles. The van der Waals surface area contributed by atoms with E-state index in [4.69, 9.17) is 4.74 Å². The summed E-state index contributed by atoms with van der Waals surface area (Å²) in [6.45, 7) is 10.3. The zero-order valence-electron chi connectivity index (χ0n) is 28.5. The highest BCUT2D eigenvalue weighted by molar-refractivity contribution is 5.82. The van der Waals surface area contributed by atoms with E-state index in [2.05, 4.69) is 10.3 Å².